The van der Waals surface area contributed by atoms with Crippen molar-refractivity contribution in [3.63, 3.8) is 0 Å². The molecule has 15 heavy (non-hydrogen) atoms. The van der Waals surface area contributed by atoms with E-state index in [0.717, 1.165) is 18.2 Å². The summed E-state index contributed by atoms with van der Waals surface area (Å²) in [4.78, 5) is 10.3. The molecule has 1 aromatic carbocycles. The normalized spacial score (nSPS) is 11.4. The standard InChI is InChI=1S/C9H8F3NO2/c10-9(11,12)6-1-2-7(13)5(3-6)4-8(14)15/h1-3H,4,13H2,(H,14,15). The average molecular weight is 219 g/mol. The van der Waals surface area contributed by atoms with E-state index in [1.165, 1.54) is 0 Å². The Bertz CT molecular complexity index is 387. The van der Waals surface area contributed by atoms with E-state index in [9.17, 15) is 18.0 Å². The zero-order valence-corrected chi connectivity index (χ0v) is 7.51. The van der Waals surface area contributed by atoms with Crippen molar-refractivity contribution in [2.45, 2.75) is 12.6 Å². The van der Waals surface area contributed by atoms with Crippen LogP contribution < -0.4 is 5.73 Å². The summed E-state index contributed by atoms with van der Waals surface area (Å²) in [6.07, 6.45) is -5.00. The van der Waals surface area contributed by atoms with Gasteiger partial charge in [0.2, 0.25) is 0 Å². The van der Waals surface area contributed by atoms with Crippen LogP contribution in [0.3, 0.4) is 0 Å². The lowest BCUT2D eigenvalue weighted by Crippen LogP contribution is -2.09. The van der Waals surface area contributed by atoms with Crippen molar-refractivity contribution < 1.29 is 23.1 Å². The maximum atomic E-state index is 12.2. The minimum absolute atomic E-state index is 0.0303. The first-order chi connectivity index (χ1) is 6.80. The Kier molecular flexibility index (Phi) is 2.88. The van der Waals surface area contributed by atoms with E-state index in [2.05, 4.69) is 0 Å². The average Bonchev–Trinajstić information content (AvgIpc) is 2.06. The van der Waals surface area contributed by atoms with E-state index in [-0.39, 0.29) is 11.3 Å². The first-order valence-electron chi connectivity index (χ1n) is 3.98. The largest absolute Gasteiger partial charge is 0.481 e. The van der Waals surface area contributed by atoms with E-state index in [1.807, 2.05) is 0 Å². The van der Waals surface area contributed by atoms with Crippen molar-refractivity contribution in [3.8, 4) is 0 Å². The molecule has 0 unspecified atom stereocenters. The number of hydrogen-bond acceptors (Lipinski definition) is 2. The number of anilines is 1. The molecule has 0 aromatic heterocycles. The molecule has 0 fully saturated rings. The fraction of sp³-hybridized carbons (Fsp3) is 0.222. The summed E-state index contributed by atoms with van der Waals surface area (Å²) in [5.41, 5.74) is 4.47. The molecule has 0 aliphatic heterocycles. The number of carboxylic acids is 1. The van der Waals surface area contributed by atoms with Gasteiger partial charge in [0.25, 0.3) is 0 Å². The minimum atomic E-state index is -4.49. The maximum absolute atomic E-state index is 12.2. The molecule has 0 aliphatic rings. The highest BCUT2D eigenvalue weighted by Crippen LogP contribution is 2.31. The van der Waals surface area contributed by atoms with E-state index in [0.29, 0.717) is 0 Å². The second-order valence-corrected chi connectivity index (χ2v) is 2.98. The van der Waals surface area contributed by atoms with E-state index >= 15 is 0 Å². The van der Waals surface area contributed by atoms with Gasteiger partial charge in [-0.1, -0.05) is 0 Å². The first-order valence-corrected chi connectivity index (χ1v) is 3.98. The predicted molar refractivity (Wildman–Crippen MR) is 47.2 cm³/mol. The molecule has 0 bridgehead atoms. The van der Waals surface area contributed by atoms with Gasteiger partial charge >= 0.3 is 12.1 Å². The zero-order chi connectivity index (χ0) is 11.6. The highest BCUT2D eigenvalue weighted by atomic mass is 19.4. The van der Waals surface area contributed by atoms with Gasteiger partial charge in [-0.05, 0) is 23.8 Å². The van der Waals surface area contributed by atoms with Crippen molar-refractivity contribution in [3.05, 3.63) is 29.3 Å². The number of nitrogens with two attached hydrogens (primary N) is 1. The van der Waals surface area contributed by atoms with Gasteiger partial charge in [-0.2, -0.15) is 13.2 Å². The monoisotopic (exact) mass is 219 g/mol. The van der Waals surface area contributed by atoms with E-state index in [4.69, 9.17) is 10.8 Å². The molecule has 0 radical (unpaired) electrons. The Hall–Kier alpha value is -1.72. The third-order valence-electron chi connectivity index (χ3n) is 1.81. The lowest BCUT2D eigenvalue weighted by atomic mass is 10.1. The Labute approximate surface area is 83.3 Å². The van der Waals surface area contributed by atoms with Crippen LogP contribution in [0.15, 0.2) is 18.2 Å². The summed E-state index contributed by atoms with van der Waals surface area (Å²) in [6.45, 7) is 0. The highest BCUT2D eigenvalue weighted by Gasteiger charge is 2.30. The lowest BCUT2D eigenvalue weighted by Gasteiger charge is -2.09. The zero-order valence-electron chi connectivity index (χ0n) is 7.51. The molecule has 6 heteroatoms. The predicted octanol–water partition coefficient (Wildman–Crippen LogP) is 1.91. The smallest absolute Gasteiger partial charge is 0.416 e. The van der Waals surface area contributed by atoms with Crippen molar-refractivity contribution in [1.82, 2.24) is 0 Å². The van der Waals surface area contributed by atoms with Crippen LogP contribution in [-0.2, 0) is 17.4 Å². The summed E-state index contributed by atoms with van der Waals surface area (Å²) in [5, 5.41) is 8.45. The first kappa shape index (κ1) is 11.4. The molecule has 0 atom stereocenters. The van der Waals surface area contributed by atoms with Crippen LogP contribution in [0.5, 0.6) is 0 Å². The summed E-state index contributed by atoms with van der Waals surface area (Å²) in [7, 11) is 0. The van der Waals surface area contributed by atoms with Crippen LogP contribution in [0.1, 0.15) is 11.1 Å². The van der Waals surface area contributed by atoms with Gasteiger partial charge in [-0.15, -0.1) is 0 Å². The number of carbonyl (C=O) groups is 1. The fourth-order valence-corrected chi connectivity index (χ4v) is 1.10. The van der Waals surface area contributed by atoms with E-state index in [1.54, 1.807) is 0 Å². The summed E-state index contributed by atoms with van der Waals surface area (Å²) >= 11 is 0. The number of nitrogen functional groups attached to an aromatic ring is 1. The molecule has 0 saturated carbocycles. The van der Waals surface area contributed by atoms with Crippen molar-refractivity contribution in [2.24, 2.45) is 0 Å². The Morgan fingerprint density at radius 1 is 1.40 bits per heavy atom. The number of benzene rings is 1. The molecule has 0 amide bonds. The summed E-state index contributed by atoms with van der Waals surface area (Å²) in [6, 6.07) is 2.63. The molecule has 1 aromatic rings. The van der Waals surface area contributed by atoms with Crippen LogP contribution in [0.4, 0.5) is 18.9 Å². The van der Waals surface area contributed by atoms with Crippen LogP contribution in [0, 0.1) is 0 Å². The number of hydrogen-bond donors (Lipinski definition) is 2. The number of halogens is 3. The van der Waals surface area contributed by atoms with Crippen LogP contribution >= 0.6 is 0 Å². The Balaban J connectivity index is 3.11. The van der Waals surface area contributed by atoms with Crippen molar-refractivity contribution in [2.75, 3.05) is 5.73 Å². The second-order valence-electron chi connectivity index (χ2n) is 2.98. The molecule has 3 nitrogen and oxygen atoms in total. The van der Waals surface area contributed by atoms with Gasteiger partial charge in [-0.3, -0.25) is 4.79 Å². The SMILES string of the molecule is Nc1ccc(C(F)(F)F)cc1CC(=O)O. The molecule has 0 aliphatic carbocycles. The van der Waals surface area contributed by atoms with Gasteiger partial charge < -0.3 is 10.8 Å². The fourth-order valence-electron chi connectivity index (χ4n) is 1.10. The van der Waals surface area contributed by atoms with Gasteiger partial charge in [0.15, 0.2) is 0 Å². The number of carboxylic acid groups (broad SMARTS) is 1. The van der Waals surface area contributed by atoms with Gasteiger partial charge in [-0.25, -0.2) is 0 Å². The number of alkyl halides is 3. The molecule has 3 N–H and O–H groups in total. The topological polar surface area (TPSA) is 63.3 Å². The molecular weight excluding hydrogens is 211 g/mol. The highest BCUT2D eigenvalue weighted by molar-refractivity contribution is 5.73. The maximum Gasteiger partial charge on any atom is 0.416 e. The Morgan fingerprint density at radius 2 is 2.00 bits per heavy atom. The van der Waals surface area contributed by atoms with Gasteiger partial charge in [0.1, 0.15) is 0 Å². The quantitative estimate of drug-likeness (QED) is 0.747. The van der Waals surface area contributed by atoms with E-state index < -0.39 is 24.1 Å². The third kappa shape index (κ3) is 2.87. The van der Waals surface area contributed by atoms with Gasteiger partial charge in [0, 0.05) is 5.69 Å². The number of rotatable bonds is 2. The molecule has 1 rings (SSSR count). The van der Waals surface area contributed by atoms with Crippen LogP contribution in [0.2, 0.25) is 0 Å². The minimum Gasteiger partial charge on any atom is -0.481 e. The van der Waals surface area contributed by atoms with Crippen molar-refractivity contribution in [1.29, 1.82) is 0 Å². The molecular formula is C9H8F3NO2. The summed E-state index contributed by atoms with van der Waals surface area (Å²) < 4.78 is 36.7. The summed E-state index contributed by atoms with van der Waals surface area (Å²) in [5.74, 6) is -1.22. The van der Waals surface area contributed by atoms with Crippen LogP contribution in [-0.4, -0.2) is 11.1 Å². The van der Waals surface area contributed by atoms with Gasteiger partial charge in [0.05, 0.1) is 12.0 Å². The van der Waals surface area contributed by atoms with Crippen LogP contribution in [0.25, 0.3) is 0 Å². The third-order valence-corrected chi connectivity index (χ3v) is 1.81. The van der Waals surface area contributed by atoms with Crippen molar-refractivity contribution >= 4 is 11.7 Å². The lowest BCUT2D eigenvalue weighted by molar-refractivity contribution is -0.138. The number of aliphatic carboxylic acids is 1. The second kappa shape index (κ2) is 3.80. The molecule has 82 valence electrons. The molecule has 0 saturated heterocycles. The molecule has 0 heterocycles. The molecule has 0 spiro atoms. The Morgan fingerprint density at radius 3 is 2.47 bits per heavy atom.